The van der Waals surface area contributed by atoms with E-state index in [1.807, 2.05) is 43.5 Å². The summed E-state index contributed by atoms with van der Waals surface area (Å²) in [5.41, 5.74) is 2.52. The largest absolute Gasteiger partial charge is 0.416 e. The summed E-state index contributed by atoms with van der Waals surface area (Å²) in [6.07, 6.45) is -4.40. The standard InChI is InChI=1S/C22H24F3N5OS/c1-4-30-19(12-26-17-9-6-8-16(11-17)22(23,24)25)28-29-21(30)32-13-20(31)27-18-10-5-7-14(2)15(18)3/h5-11,26H,4,12-13H2,1-3H3,(H,27,31). The minimum Gasteiger partial charge on any atom is -0.378 e. The summed E-state index contributed by atoms with van der Waals surface area (Å²) in [6.45, 7) is 6.62. The van der Waals surface area contributed by atoms with E-state index in [1.165, 1.54) is 17.8 Å². The van der Waals surface area contributed by atoms with Gasteiger partial charge in [0.2, 0.25) is 5.91 Å². The first-order valence-electron chi connectivity index (χ1n) is 10.0. The van der Waals surface area contributed by atoms with Crippen molar-refractivity contribution in [2.24, 2.45) is 0 Å². The third-order valence-corrected chi connectivity index (χ3v) is 5.93. The fraction of sp³-hybridized carbons (Fsp3) is 0.318. The van der Waals surface area contributed by atoms with E-state index in [0.29, 0.717) is 23.2 Å². The lowest BCUT2D eigenvalue weighted by Crippen LogP contribution is -2.16. The van der Waals surface area contributed by atoms with E-state index in [1.54, 1.807) is 6.07 Å². The molecule has 170 valence electrons. The average molecular weight is 464 g/mol. The summed E-state index contributed by atoms with van der Waals surface area (Å²) in [7, 11) is 0. The maximum absolute atomic E-state index is 12.9. The Bertz CT molecular complexity index is 1100. The first-order chi connectivity index (χ1) is 15.2. The van der Waals surface area contributed by atoms with E-state index in [2.05, 4.69) is 20.8 Å². The van der Waals surface area contributed by atoms with Gasteiger partial charge in [-0.25, -0.2) is 0 Å². The molecule has 0 saturated carbocycles. The molecule has 0 saturated heterocycles. The summed E-state index contributed by atoms with van der Waals surface area (Å²) in [4.78, 5) is 12.4. The maximum atomic E-state index is 12.9. The fourth-order valence-corrected chi connectivity index (χ4v) is 3.88. The number of halogens is 3. The molecule has 1 heterocycles. The van der Waals surface area contributed by atoms with Gasteiger partial charge >= 0.3 is 6.18 Å². The van der Waals surface area contributed by atoms with Gasteiger partial charge in [-0.3, -0.25) is 4.79 Å². The topological polar surface area (TPSA) is 71.8 Å². The van der Waals surface area contributed by atoms with Gasteiger partial charge in [0.1, 0.15) is 0 Å². The molecule has 0 atom stereocenters. The number of nitrogens with zero attached hydrogens (tertiary/aromatic N) is 3. The van der Waals surface area contributed by atoms with Crippen molar-refractivity contribution in [3.05, 3.63) is 65.0 Å². The van der Waals surface area contributed by atoms with Crippen molar-refractivity contribution < 1.29 is 18.0 Å². The van der Waals surface area contributed by atoms with Crippen LogP contribution in [0, 0.1) is 13.8 Å². The number of hydrogen-bond acceptors (Lipinski definition) is 5. The second kappa shape index (κ2) is 10.1. The van der Waals surface area contributed by atoms with Crippen molar-refractivity contribution >= 4 is 29.0 Å². The number of aryl methyl sites for hydroxylation is 1. The number of alkyl halides is 3. The highest BCUT2D eigenvalue weighted by molar-refractivity contribution is 7.99. The van der Waals surface area contributed by atoms with Gasteiger partial charge in [0.05, 0.1) is 17.9 Å². The Kier molecular flexibility index (Phi) is 7.44. The van der Waals surface area contributed by atoms with Gasteiger partial charge in [0.15, 0.2) is 11.0 Å². The number of hydrogen-bond donors (Lipinski definition) is 2. The van der Waals surface area contributed by atoms with Crippen LogP contribution in [0.5, 0.6) is 0 Å². The van der Waals surface area contributed by atoms with Gasteiger partial charge in [-0.15, -0.1) is 10.2 Å². The molecule has 3 aromatic rings. The normalized spacial score (nSPS) is 11.4. The SMILES string of the molecule is CCn1c(CNc2cccc(C(F)(F)F)c2)nnc1SCC(=O)Nc1cccc(C)c1C. The van der Waals surface area contributed by atoms with E-state index in [9.17, 15) is 18.0 Å². The van der Waals surface area contributed by atoms with E-state index in [0.717, 1.165) is 28.9 Å². The number of amides is 1. The summed E-state index contributed by atoms with van der Waals surface area (Å²) < 4.78 is 40.5. The predicted octanol–water partition coefficient (Wildman–Crippen LogP) is 5.28. The quantitative estimate of drug-likeness (QED) is 0.445. The lowest BCUT2D eigenvalue weighted by atomic mass is 10.1. The third-order valence-electron chi connectivity index (χ3n) is 4.96. The van der Waals surface area contributed by atoms with Crippen LogP contribution >= 0.6 is 11.8 Å². The molecule has 6 nitrogen and oxygen atoms in total. The zero-order valence-electron chi connectivity index (χ0n) is 18.0. The number of carbonyl (C=O) groups is 1. The summed E-state index contributed by atoms with van der Waals surface area (Å²) in [5.74, 6) is 0.576. The highest BCUT2D eigenvalue weighted by Gasteiger charge is 2.30. The molecule has 10 heteroatoms. The third kappa shape index (κ3) is 5.82. The van der Waals surface area contributed by atoms with Crippen LogP contribution < -0.4 is 10.6 Å². The molecule has 0 fully saturated rings. The van der Waals surface area contributed by atoms with Crippen molar-refractivity contribution in [3.8, 4) is 0 Å². The lowest BCUT2D eigenvalue weighted by molar-refractivity contribution is -0.137. The van der Waals surface area contributed by atoms with Gasteiger partial charge in [-0.1, -0.05) is 30.0 Å². The molecule has 0 spiro atoms. The van der Waals surface area contributed by atoms with Crippen molar-refractivity contribution in [2.45, 2.75) is 45.2 Å². The van der Waals surface area contributed by atoms with Crippen molar-refractivity contribution in [3.63, 3.8) is 0 Å². The first kappa shape index (κ1) is 23.6. The van der Waals surface area contributed by atoms with Crippen LogP contribution in [0.3, 0.4) is 0 Å². The molecular weight excluding hydrogens is 439 g/mol. The van der Waals surface area contributed by atoms with Gasteiger partial charge in [0.25, 0.3) is 0 Å². The number of benzene rings is 2. The van der Waals surface area contributed by atoms with Gasteiger partial charge in [-0.05, 0) is 56.2 Å². The smallest absolute Gasteiger partial charge is 0.378 e. The molecule has 32 heavy (non-hydrogen) atoms. The van der Waals surface area contributed by atoms with Crippen LogP contribution in [0.15, 0.2) is 47.6 Å². The summed E-state index contributed by atoms with van der Waals surface area (Å²) >= 11 is 1.26. The number of thioether (sulfide) groups is 1. The monoisotopic (exact) mass is 463 g/mol. The van der Waals surface area contributed by atoms with E-state index in [-0.39, 0.29) is 18.2 Å². The van der Waals surface area contributed by atoms with Crippen molar-refractivity contribution in [1.29, 1.82) is 0 Å². The zero-order chi connectivity index (χ0) is 23.3. The average Bonchev–Trinajstić information content (AvgIpc) is 3.15. The molecule has 0 aliphatic rings. The second-order valence-corrected chi connectivity index (χ2v) is 8.10. The second-order valence-electron chi connectivity index (χ2n) is 7.16. The van der Waals surface area contributed by atoms with Crippen LogP contribution in [-0.2, 0) is 24.1 Å². The Labute approximate surface area is 188 Å². The van der Waals surface area contributed by atoms with Crippen LogP contribution in [0.4, 0.5) is 24.5 Å². The maximum Gasteiger partial charge on any atom is 0.416 e. The van der Waals surface area contributed by atoms with Crippen LogP contribution in [0.25, 0.3) is 0 Å². The Morgan fingerprint density at radius 2 is 1.88 bits per heavy atom. The fourth-order valence-electron chi connectivity index (χ4n) is 3.06. The molecule has 2 aromatic carbocycles. The van der Waals surface area contributed by atoms with Crippen LogP contribution in [0.1, 0.15) is 29.4 Å². The molecular formula is C22H24F3N5OS. The van der Waals surface area contributed by atoms with E-state index in [4.69, 9.17) is 0 Å². The van der Waals surface area contributed by atoms with Crippen molar-refractivity contribution in [1.82, 2.24) is 14.8 Å². The Morgan fingerprint density at radius 3 is 2.59 bits per heavy atom. The van der Waals surface area contributed by atoms with Gasteiger partial charge in [-0.2, -0.15) is 13.2 Å². The molecule has 1 aromatic heterocycles. The molecule has 3 rings (SSSR count). The number of rotatable bonds is 8. The molecule has 0 radical (unpaired) electrons. The molecule has 0 unspecified atom stereocenters. The van der Waals surface area contributed by atoms with Gasteiger partial charge < -0.3 is 15.2 Å². The number of anilines is 2. The molecule has 2 N–H and O–H groups in total. The van der Waals surface area contributed by atoms with Crippen LogP contribution in [0.2, 0.25) is 0 Å². The Morgan fingerprint density at radius 1 is 1.12 bits per heavy atom. The molecule has 0 bridgehead atoms. The highest BCUT2D eigenvalue weighted by Crippen LogP contribution is 2.30. The first-order valence-corrected chi connectivity index (χ1v) is 11.0. The summed E-state index contributed by atoms with van der Waals surface area (Å²) in [6, 6.07) is 10.7. The van der Waals surface area contributed by atoms with E-state index >= 15 is 0 Å². The Hall–Kier alpha value is -3.01. The number of carbonyl (C=O) groups excluding carboxylic acids is 1. The number of nitrogens with one attached hydrogen (secondary N) is 2. The molecule has 1 amide bonds. The highest BCUT2D eigenvalue weighted by atomic mass is 32.2. The number of aromatic nitrogens is 3. The Balaban J connectivity index is 1.61. The van der Waals surface area contributed by atoms with Crippen LogP contribution in [-0.4, -0.2) is 26.4 Å². The minimum absolute atomic E-state index is 0.155. The predicted molar refractivity (Wildman–Crippen MR) is 120 cm³/mol. The minimum atomic E-state index is -4.40. The molecule has 0 aliphatic heterocycles. The van der Waals surface area contributed by atoms with E-state index < -0.39 is 11.7 Å². The summed E-state index contributed by atoms with van der Waals surface area (Å²) in [5, 5.41) is 14.7. The zero-order valence-corrected chi connectivity index (χ0v) is 18.8. The van der Waals surface area contributed by atoms with Gasteiger partial charge in [0, 0.05) is 17.9 Å². The van der Waals surface area contributed by atoms with Crippen molar-refractivity contribution in [2.75, 3.05) is 16.4 Å². The molecule has 0 aliphatic carbocycles. The lowest BCUT2D eigenvalue weighted by Gasteiger charge is -2.12.